The Morgan fingerprint density at radius 2 is 1.70 bits per heavy atom. The minimum Gasteiger partial charge on any atom is -0.342 e. The fourth-order valence-corrected chi connectivity index (χ4v) is 6.00. The highest BCUT2D eigenvalue weighted by Gasteiger charge is 2.38. The maximum Gasteiger partial charge on any atom is 0.227 e. The Bertz CT molecular complexity index is 865. The molecule has 2 aliphatic heterocycles. The molecule has 2 aromatic rings. The third-order valence-electron chi connectivity index (χ3n) is 7.15. The number of hydrogen-bond donors (Lipinski definition) is 1. The lowest BCUT2D eigenvalue weighted by Crippen LogP contribution is -2.33. The van der Waals surface area contributed by atoms with Crippen molar-refractivity contribution in [3.05, 3.63) is 58.3 Å². The smallest absolute Gasteiger partial charge is 0.227 e. The third kappa shape index (κ3) is 12.0. The fraction of sp³-hybridized carbons (Fsp3) is 0.531. The van der Waals surface area contributed by atoms with E-state index in [0.29, 0.717) is 11.8 Å². The van der Waals surface area contributed by atoms with Crippen LogP contribution in [0.2, 0.25) is 0 Å². The van der Waals surface area contributed by atoms with Crippen LogP contribution < -0.4 is 5.73 Å². The molecule has 2 N–H and O–H groups in total. The maximum atomic E-state index is 12.4. The molecule has 0 radical (unpaired) electrons. The summed E-state index contributed by atoms with van der Waals surface area (Å²) in [5.74, 6) is 0.290. The van der Waals surface area contributed by atoms with E-state index in [2.05, 4.69) is 72.7 Å². The molecule has 1 aromatic carbocycles. The number of likely N-dealkylation sites (tertiary alicyclic amines) is 2. The molecule has 4 nitrogen and oxygen atoms in total. The Morgan fingerprint density at radius 1 is 1.00 bits per heavy atom. The molecule has 0 unspecified atom stereocenters. The zero-order chi connectivity index (χ0) is 27.4. The maximum absolute atomic E-state index is 12.4. The molecule has 1 amide bonds. The van der Waals surface area contributed by atoms with Crippen LogP contribution in [0, 0.1) is 31.1 Å². The van der Waals surface area contributed by atoms with E-state index in [1.807, 2.05) is 17.5 Å². The highest BCUT2D eigenvalue weighted by atomic mass is 32.1. The molecule has 3 heterocycles. The quantitative estimate of drug-likeness (QED) is 0.398. The molecule has 2 aliphatic rings. The first kappa shape index (κ1) is 32.5. The first-order valence-corrected chi connectivity index (χ1v) is 14.5. The predicted molar refractivity (Wildman–Crippen MR) is 160 cm³/mol. The van der Waals surface area contributed by atoms with Crippen LogP contribution in [0.3, 0.4) is 0 Å². The van der Waals surface area contributed by atoms with Crippen molar-refractivity contribution in [1.29, 1.82) is 0 Å². The number of amides is 1. The van der Waals surface area contributed by atoms with Gasteiger partial charge in [0.25, 0.3) is 0 Å². The molecule has 2 fully saturated rings. The Morgan fingerprint density at radius 3 is 2.30 bits per heavy atom. The summed E-state index contributed by atoms with van der Waals surface area (Å²) < 4.78 is 0. The van der Waals surface area contributed by atoms with Crippen molar-refractivity contribution in [3.63, 3.8) is 0 Å². The van der Waals surface area contributed by atoms with Gasteiger partial charge in [-0.2, -0.15) is 0 Å². The van der Waals surface area contributed by atoms with Crippen molar-refractivity contribution >= 4 is 17.2 Å². The van der Waals surface area contributed by atoms with Crippen LogP contribution in [-0.2, 0) is 17.6 Å². The highest BCUT2D eigenvalue weighted by molar-refractivity contribution is 7.10. The van der Waals surface area contributed by atoms with Crippen LogP contribution in [0.25, 0.3) is 0 Å². The molecule has 0 aliphatic carbocycles. The summed E-state index contributed by atoms with van der Waals surface area (Å²) in [5, 5.41) is 2.04. The summed E-state index contributed by atoms with van der Waals surface area (Å²) in [6.07, 6.45) is 26.4. The highest BCUT2D eigenvalue weighted by Crippen LogP contribution is 2.39. The average Bonchev–Trinajstić information content (AvgIpc) is 3.73. The molecule has 202 valence electrons. The molecule has 0 saturated carbocycles. The molecule has 1 aromatic heterocycles. The van der Waals surface area contributed by atoms with Crippen LogP contribution in [0.5, 0.6) is 0 Å². The van der Waals surface area contributed by atoms with Gasteiger partial charge in [-0.3, -0.25) is 4.79 Å². The first-order chi connectivity index (χ1) is 18.1. The summed E-state index contributed by atoms with van der Waals surface area (Å²) in [7, 11) is 0. The molecule has 1 atom stereocenters. The number of nitrogens with two attached hydrogens (primary N) is 1. The van der Waals surface area contributed by atoms with Gasteiger partial charge in [-0.15, -0.1) is 37.0 Å². The molecular formula is C32H47N3OS. The van der Waals surface area contributed by atoms with Crippen molar-refractivity contribution in [2.24, 2.45) is 11.1 Å². The van der Waals surface area contributed by atoms with E-state index < -0.39 is 0 Å². The third-order valence-corrected chi connectivity index (χ3v) is 8.02. The minimum atomic E-state index is 0.290. The van der Waals surface area contributed by atoms with Gasteiger partial charge in [0.2, 0.25) is 5.91 Å². The fourth-order valence-electron chi connectivity index (χ4n) is 5.30. The Kier molecular flexibility index (Phi) is 17.1. The van der Waals surface area contributed by atoms with Gasteiger partial charge in [0.1, 0.15) is 0 Å². The largest absolute Gasteiger partial charge is 0.342 e. The number of terminal acetylenes is 2. The van der Waals surface area contributed by atoms with Crippen molar-refractivity contribution in [2.45, 2.75) is 64.7 Å². The number of rotatable bonds is 10. The second-order valence-corrected chi connectivity index (χ2v) is 10.8. The van der Waals surface area contributed by atoms with Gasteiger partial charge in [0.15, 0.2) is 0 Å². The van der Waals surface area contributed by atoms with Crippen molar-refractivity contribution < 1.29 is 4.79 Å². The number of carbonyl (C=O) groups excluding carboxylic acids is 1. The molecule has 37 heavy (non-hydrogen) atoms. The second-order valence-electron chi connectivity index (χ2n) is 9.75. The topological polar surface area (TPSA) is 49.6 Å². The van der Waals surface area contributed by atoms with Gasteiger partial charge >= 0.3 is 0 Å². The van der Waals surface area contributed by atoms with Crippen LogP contribution in [-0.4, -0.2) is 55.0 Å². The minimum absolute atomic E-state index is 0.290. The summed E-state index contributed by atoms with van der Waals surface area (Å²) in [6.45, 7) is 8.72. The molecule has 5 heteroatoms. The normalized spacial score (nSPS) is 18.5. The number of nitrogens with zero attached hydrogens (tertiary/aromatic N) is 2. The van der Waals surface area contributed by atoms with Crippen LogP contribution >= 0.6 is 11.3 Å². The van der Waals surface area contributed by atoms with Gasteiger partial charge in [-0.1, -0.05) is 49.7 Å². The van der Waals surface area contributed by atoms with E-state index >= 15 is 0 Å². The second kappa shape index (κ2) is 19.5. The Labute approximate surface area is 230 Å². The zero-order valence-electron chi connectivity index (χ0n) is 22.8. The molecule has 0 spiro atoms. The SMILES string of the molecule is C#C.C#C.CCC[C@]1(CCCN)CCN(C(=O)Cc2cccs2)C1.c1ccc(CCN2CCCC2)cc1. The lowest BCUT2D eigenvalue weighted by molar-refractivity contribution is -0.129. The van der Waals surface area contributed by atoms with Crippen molar-refractivity contribution in [2.75, 3.05) is 39.3 Å². The van der Waals surface area contributed by atoms with E-state index in [0.717, 1.165) is 32.5 Å². The summed E-state index contributed by atoms with van der Waals surface area (Å²) in [5.41, 5.74) is 7.47. The van der Waals surface area contributed by atoms with Gasteiger partial charge in [0, 0.05) is 24.5 Å². The number of carbonyl (C=O) groups is 1. The summed E-state index contributed by atoms with van der Waals surface area (Å²) in [6, 6.07) is 14.8. The van der Waals surface area contributed by atoms with E-state index in [4.69, 9.17) is 5.73 Å². The molecular weight excluding hydrogens is 474 g/mol. The summed E-state index contributed by atoms with van der Waals surface area (Å²) in [4.78, 5) is 18.2. The predicted octanol–water partition coefficient (Wildman–Crippen LogP) is 5.87. The van der Waals surface area contributed by atoms with Crippen molar-refractivity contribution in [3.8, 4) is 25.7 Å². The van der Waals surface area contributed by atoms with Gasteiger partial charge in [-0.25, -0.2) is 0 Å². The van der Waals surface area contributed by atoms with Crippen molar-refractivity contribution in [1.82, 2.24) is 9.80 Å². The number of benzene rings is 1. The van der Waals surface area contributed by atoms with E-state index in [1.165, 1.54) is 68.6 Å². The van der Waals surface area contributed by atoms with E-state index in [-0.39, 0.29) is 5.91 Å². The standard InChI is InChI=1S/C16H26N2OS.C12H17N.2C2H2/c1-2-6-16(7-4-9-17)8-10-18(13-16)15(19)12-14-5-3-11-20-14;1-2-6-12(7-3-1)8-11-13-9-4-5-10-13;2*1-2/h3,5,11H,2,4,6-10,12-13,17H2,1H3;1-3,6-7H,4-5,8-11H2;2*1-2H/t16-;;;/m0.../s1. The lowest BCUT2D eigenvalue weighted by atomic mass is 9.78. The van der Waals surface area contributed by atoms with E-state index in [9.17, 15) is 4.79 Å². The molecule has 0 bridgehead atoms. The van der Waals surface area contributed by atoms with Gasteiger partial charge in [-0.05, 0) is 87.0 Å². The number of thiophene rings is 1. The van der Waals surface area contributed by atoms with Crippen LogP contribution in [0.15, 0.2) is 47.8 Å². The zero-order valence-corrected chi connectivity index (χ0v) is 23.6. The Hall–Kier alpha value is -2.57. The van der Waals surface area contributed by atoms with Gasteiger partial charge in [0.05, 0.1) is 6.42 Å². The molecule has 4 rings (SSSR count). The van der Waals surface area contributed by atoms with E-state index in [1.54, 1.807) is 11.3 Å². The molecule has 2 saturated heterocycles. The van der Waals surface area contributed by atoms with Crippen LogP contribution in [0.1, 0.15) is 62.3 Å². The average molecular weight is 522 g/mol. The lowest BCUT2D eigenvalue weighted by Gasteiger charge is -2.29. The van der Waals surface area contributed by atoms with Crippen LogP contribution in [0.4, 0.5) is 0 Å². The summed E-state index contributed by atoms with van der Waals surface area (Å²) >= 11 is 1.67. The first-order valence-electron chi connectivity index (χ1n) is 13.6. The Balaban J connectivity index is 0.000000347. The van der Waals surface area contributed by atoms with Gasteiger partial charge < -0.3 is 15.5 Å². The monoisotopic (exact) mass is 521 g/mol. The number of hydrogen-bond acceptors (Lipinski definition) is 4.